The van der Waals surface area contributed by atoms with Gasteiger partial charge >= 0.3 is 0 Å². The van der Waals surface area contributed by atoms with Crippen molar-refractivity contribution in [3.63, 3.8) is 0 Å². The van der Waals surface area contributed by atoms with Crippen LogP contribution < -0.4 is 5.32 Å². The SMILES string of the molecule is CCCNC(CC)c1nnc(C2CCCCC2(C)C)s1. The van der Waals surface area contributed by atoms with Gasteiger partial charge in [0.1, 0.15) is 10.0 Å². The molecule has 1 N–H and O–H groups in total. The molecule has 1 aromatic heterocycles. The zero-order valence-corrected chi connectivity index (χ0v) is 14.2. The summed E-state index contributed by atoms with van der Waals surface area (Å²) < 4.78 is 0. The summed E-state index contributed by atoms with van der Waals surface area (Å²) in [6.07, 6.45) is 7.55. The molecule has 0 aromatic carbocycles. The van der Waals surface area contributed by atoms with E-state index in [1.54, 1.807) is 0 Å². The van der Waals surface area contributed by atoms with E-state index < -0.39 is 0 Å². The highest BCUT2D eigenvalue weighted by Gasteiger charge is 2.35. The number of nitrogens with one attached hydrogen (secondary N) is 1. The first-order valence-electron chi connectivity index (χ1n) is 8.15. The molecule has 2 atom stereocenters. The van der Waals surface area contributed by atoms with Gasteiger partial charge in [0.05, 0.1) is 6.04 Å². The molecule has 1 aromatic rings. The molecule has 2 rings (SSSR count). The minimum absolute atomic E-state index is 0.382. The molecule has 0 amide bonds. The molecule has 0 bridgehead atoms. The molecule has 0 aliphatic heterocycles. The Morgan fingerprint density at radius 2 is 2.10 bits per heavy atom. The highest BCUT2D eigenvalue weighted by atomic mass is 32.1. The zero-order valence-electron chi connectivity index (χ0n) is 13.4. The first-order chi connectivity index (χ1) is 9.58. The summed E-state index contributed by atoms with van der Waals surface area (Å²) in [6.45, 7) is 10.3. The van der Waals surface area contributed by atoms with E-state index in [0.717, 1.165) is 19.4 Å². The van der Waals surface area contributed by atoms with E-state index in [4.69, 9.17) is 0 Å². The van der Waals surface area contributed by atoms with Gasteiger partial charge in [-0.2, -0.15) is 0 Å². The predicted octanol–water partition coefficient (Wildman–Crippen LogP) is 4.67. The second-order valence-corrected chi connectivity index (χ2v) is 7.72. The Balaban J connectivity index is 2.11. The Morgan fingerprint density at radius 1 is 1.30 bits per heavy atom. The molecule has 1 aliphatic rings. The molecule has 2 unspecified atom stereocenters. The molecule has 1 saturated carbocycles. The Hall–Kier alpha value is -0.480. The summed E-state index contributed by atoms with van der Waals surface area (Å²) in [5, 5.41) is 15.1. The Labute approximate surface area is 127 Å². The first-order valence-corrected chi connectivity index (χ1v) is 8.96. The van der Waals surface area contributed by atoms with Crippen LogP contribution in [-0.4, -0.2) is 16.7 Å². The summed E-state index contributed by atoms with van der Waals surface area (Å²) in [6, 6.07) is 0.382. The number of rotatable bonds is 6. The monoisotopic (exact) mass is 295 g/mol. The fourth-order valence-corrected chi connectivity index (χ4v) is 4.55. The van der Waals surface area contributed by atoms with Crippen LogP contribution in [-0.2, 0) is 0 Å². The molecule has 114 valence electrons. The van der Waals surface area contributed by atoms with Crippen LogP contribution >= 0.6 is 11.3 Å². The van der Waals surface area contributed by atoms with Gasteiger partial charge in [-0.3, -0.25) is 0 Å². The van der Waals surface area contributed by atoms with Crippen LogP contribution in [0.15, 0.2) is 0 Å². The van der Waals surface area contributed by atoms with Crippen LogP contribution in [0, 0.1) is 5.41 Å². The van der Waals surface area contributed by atoms with Gasteiger partial charge in [0.2, 0.25) is 0 Å². The fraction of sp³-hybridized carbons (Fsp3) is 0.875. The van der Waals surface area contributed by atoms with Crippen molar-refractivity contribution in [3.8, 4) is 0 Å². The Bertz CT molecular complexity index is 414. The van der Waals surface area contributed by atoms with E-state index in [1.165, 1.54) is 35.7 Å². The van der Waals surface area contributed by atoms with Gasteiger partial charge in [0.25, 0.3) is 0 Å². The summed E-state index contributed by atoms with van der Waals surface area (Å²) >= 11 is 1.84. The standard InChI is InChI=1S/C16H29N3S/c1-5-11-17-13(6-2)15-19-18-14(20-15)12-9-7-8-10-16(12,3)4/h12-13,17H,5-11H2,1-4H3. The summed E-state index contributed by atoms with van der Waals surface area (Å²) in [7, 11) is 0. The van der Waals surface area contributed by atoms with Crippen LogP contribution in [0.4, 0.5) is 0 Å². The maximum atomic E-state index is 4.54. The van der Waals surface area contributed by atoms with E-state index in [9.17, 15) is 0 Å². The lowest BCUT2D eigenvalue weighted by atomic mass is 9.69. The van der Waals surface area contributed by atoms with Crippen molar-refractivity contribution in [2.24, 2.45) is 5.41 Å². The van der Waals surface area contributed by atoms with Crippen LogP contribution in [0.1, 0.15) is 88.2 Å². The number of hydrogen-bond donors (Lipinski definition) is 1. The normalized spacial score (nSPS) is 23.7. The van der Waals surface area contributed by atoms with Gasteiger partial charge < -0.3 is 5.32 Å². The third-order valence-corrected chi connectivity index (χ3v) is 5.76. The lowest BCUT2D eigenvalue weighted by Gasteiger charge is -2.37. The molecule has 0 saturated heterocycles. The van der Waals surface area contributed by atoms with Gasteiger partial charge in [-0.25, -0.2) is 0 Å². The molecule has 3 nitrogen and oxygen atoms in total. The predicted molar refractivity (Wildman–Crippen MR) is 86.2 cm³/mol. The topological polar surface area (TPSA) is 37.8 Å². The molecular formula is C16H29N3S. The van der Waals surface area contributed by atoms with Crippen LogP contribution in [0.25, 0.3) is 0 Å². The number of hydrogen-bond acceptors (Lipinski definition) is 4. The molecule has 20 heavy (non-hydrogen) atoms. The number of nitrogens with zero attached hydrogens (tertiary/aromatic N) is 2. The van der Waals surface area contributed by atoms with Crippen molar-refractivity contribution < 1.29 is 0 Å². The smallest absolute Gasteiger partial charge is 0.134 e. The van der Waals surface area contributed by atoms with Gasteiger partial charge in [0.15, 0.2) is 0 Å². The van der Waals surface area contributed by atoms with Gasteiger partial charge in [-0.1, -0.05) is 51.9 Å². The van der Waals surface area contributed by atoms with Crippen molar-refractivity contribution in [2.75, 3.05) is 6.54 Å². The maximum absolute atomic E-state index is 4.54. The molecule has 1 heterocycles. The zero-order chi connectivity index (χ0) is 14.6. The molecule has 0 radical (unpaired) electrons. The minimum Gasteiger partial charge on any atom is -0.308 e. The Kier molecular flexibility index (Phi) is 5.56. The average molecular weight is 295 g/mol. The molecule has 1 aliphatic carbocycles. The number of aromatic nitrogens is 2. The van der Waals surface area contributed by atoms with Crippen molar-refractivity contribution in [3.05, 3.63) is 10.0 Å². The lowest BCUT2D eigenvalue weighted by Crippen LogP contribution is -2.25. The van der Waals surface area contributed by atoms with Gasteiger partial charge in [-0.05, 0) is 37.6 Å². The van der Waals surface area contributed by atoms with Crippen LogP contribution in [0.3, 0.4) is 0 Å². The van der Waals surface area contributed by atoms with E-state index in [-0.39, 0.29) is 0 Å². The minimum atomic E-state index is 0.382. The highest BCUT2D eigenvalue weighted by Crippen LogP contribution is 2.47. The fourth-order valence-electron chi connectivity index (χ4n) is 3.20. The second-order valence-electron chi connectivity index (χ2n) is 6.68. The van der Waals surface area contributed by atoms with Crippen LogP contribution in [0.2, 0.25) is 0 Å². The van der Waals surface area contributed by atoms with Gasteiger partial charge in [0, 0.05) is 5.92 Å². The lowest BCUT2D eigenvalue weighted by molar-refractivity contribution is 0.198. The van der Waals surface area contributed by atoms with Crippen molar-refractivity contribution in [1.82, 2.24) is 15.5 Å². The summed E-state index contributed by atoms with van der Waals surface area (Å²) in [5.41, 5.74) is 0.383. The van der Waals surface area contributed by atoms with Crippen molar-refractivity contribution >= 4 is 11.3 Å². The van der Waals surface area contributed by atoms with E-state index in [1.807, 2.05) is 11.3 Å². The van der Waals surface area contributed by atoms with Gasteiger partial charge in [-0.15, -0.1) is 10.2 Å². The average Bonchev–Trinajstić information content (AvgIpc) is 2.88. The first kappa shape index (κ1) is 15.9. The molecule has 0 spiro atoms. The van der Waals surface area contributed by atoms with E-state index >= 15 is 0 Å². The van der Waals surface area contributed by atoms with E-state index in [2.05, 4.69) is 43.2 Å². The second kappa shape index (κ2) is 6.99. The van der Waals surface area contributed by atoms with Crippen LogP contribution in [0.5, 0.6) is 0 Å². The van der Waals surface area contributed by atoms with Crippen molar-refractivity contribution in [1.29, 1.82) is 0 Å². The van der Waals surface area contributed by atoms with E-state index in [0.29, 0.717) is 17.4 Å². The third-order valence-electron chi connectivity index (χ3n) is 4.61. The summed E-state index contributed by atoms with van der Waals surface area (Å²) in [4.78, 5) is 0. The van der Waals surface area contributed by atoms with Crippen molar-refractivity contribution in [2.45, 2.75) is 78.2 Å². The third kappa shape index (κ3) is 3.59. The maximum Gasteiger partial charge on any atom is 0.134 e. The Morgan fingerprint density at radius 3 is 2.75 bits per heavy atom. The molecular weight excluding hydrogens is 266 g/mol. The summed E-state index contributed by atoms with van der Waals surface area (Å²) in [5.74, 6) is 0.603. The molecule has 1 fully saturated rings. The molecule has 4 heteroatoms. The largest absolute Gasteiger partial charge is 0.308 e. The quantitative estimate of drug-likeness (QED) is 0.828. The highest BCUT2D eigenvalue weighted by molar-refractivity contribution is 7.11.